The number of nitro benzene ring substituents is 1. The molecule has 0 aliphatic heterocycles. The Morgan fingerprint density at radius 1 is 1.19 bits per heavy atom. The highest BCUT2D eigenvalue weighted by atomic mass is 32.2. The molecule has 0 aliphatic rings. The molecule has 11 heteroatoms. The molecule has 0 spiro atoms. The molecule has 0 saturated heterocycles. The minimum atomic E-state index is -4.21. The van der Waals surface area contributed by atoms with Gasteiger partial charge in [0.15, 0.2) is 15.6 Å². The number of benzene rings is 1. The SMILES string of the molecule is Cn1cc(-c2cnc3n[nH]c(S(=O)(=O)c4ccccc4[N+](=O)[O-])c3c2)cn1. The molecule has 3 heterocycles. The van der Waals surface area contributed by atoms with Crippen molar-refractivity contribution in [3.8, 4) is 11.1 Å². The maximum absolute atomic E-state index is 13.1. The van der Waals surface area contributed by atoms with E-state index in [4.69, 9.17) is 0 Å². The van der Waals surface area contributed by atoms with E-state index in [0.29, 0.717) is 5.56 Å². The molecule has 136 valence electrons. The molecule has 27 heavy (non-hydrogen) atoms. The van der Waals surface area contributed by atoms with Crippen molar-refractivity contribution in [2.75, 3.05) is 0 Å². The lowest BCUT2D eigenvalue weighted by Crippen LogP contribution is -2.06. The molecule has 0 fully saturated rings. The third-order valence-corrected chi connectivity index (χ3v) is 5.81. The fourth-order valence-corrected chi connectivity index (χ4v) is 4.26. The summed E-state index contributed by atoms with van der Waals surface area (Å²) in [6, 6.07) is 6.79. The number of fused-ring (bicyclic) bond motifs is 1. The third-order valence-electron chi connectivity index (χ3n) is 4.03. The van der Waals surface area contributed by atoms with Crippen LogP contribution in [0.5, 0.6) is 0 Å². The highest BCUT2D eigenvalue weighted by Gasteiger charge is 2.30. The van der Waals surface area contributed by atoms with Crippen LogP contribution in [-0.2, 0) is 16.9 Å². The van der Waals surface area contributed by atoms with Crippen molar-refractivity contribution in [2.24, 2.45) is 7.05 Å². The van der Waals surface area contributed by atoms with Gasteiger partial charge in [0.05, 0.1) is 16.5 Å². The third kappa shape index (κ3) is 2.73. The van der Waals surface area contributed by atoms with Crippen molar-refractivity contribution in [1.29, 1.82) is 0 Å². The van der Waals surface area contributed by atoms with E-state index in [9.17, 15) is 18.5 Å². The molecule has 10 nitrogen and oxygen atoms in total. The molecule has 3 aromatic heterocycles. The van der Waals surface area contributed by atoms with E-state index in [1.807, 2.05) is 0 Å². The van der Waals surface area contributed by atoms with Crippen molar-refractivity contribution < 1.29 is 13.3 Å². The number of hydrogen-bond donors (Lipinski definition) is 1. The summed E-state index contributed by atoms with van der Waals surface area (Å²) >= 11 is 0. The molecule has 4 rings (SSSR count). The topological polar surface area (TPSA) is 137 Å². The number of sulfone groups is 1. The van der Waals surface area contributed by atoms with Gasteiger partial charge in [-0.3, -0.25) is 19.9 Å². The zero-order valence-electron chi connectivity index (χ0n) is 13.9. The number of nitrogens with one attached hydrogen (secondary N) is 1. The van der Waals surface area contributed by atoms with Crippen molar-refractivity contribution >= 4 is 26.6 Å². The van der Waals surface area contributed by atoms with E-state index in [0.717, 1.165) is 11.6 Å². The van der Waals surface area contributed by atoms with E-state index in [1.165, 1.54) is 18.2 Å². The van der Waals surface area contributed by atoms with Crippen LogP contribution in [0.1, 0.15) is 0 Å². The van der Waals surface area contributed by atoms with E-state index in [1.54, 1.807) is 36.4 Å². The highest BCUT2D eigenvalue weighted by Crippen LogP contribution is 2.32. The Morgan fingerprint density at radius 3 is 2.67 bits per heavy atom. The number of H-pyrrole nitrogens is 1. The van der Waals surface area contributed by atoms with E-state index in [2.05, 4.69) is 20.3 Å². The number of aromatic nitrogens is 5. The summed E-state index contributed by atoms with van der Waals surface area (Å²) in [7, 11) is -2.45. The second-order valence-electron chi connectivity index (χ2n) is 5.78. The average Bonchev–Trinajstić information content (AvgIpc) is 3.27. The molecule has 1 N–H and O–H groups in total. The highest BCUT2D eigenvalue weighted by molar-refractivity contribution is 7.91. The quantitative estimate of drug-likeness (QED) is 0.420. The van der Waals surface area contributed by atoms with Gasteiger partial charge in [0.2, 0.25) is 9.84 Å². The van der Waals surface area contributed by atoms with E-state index < -0.39 is 25.3 Å². The Hall–Kier alpha value is -3.60. The maximum Gasteiger partial charge on any atom is 0.288 e. The van der Waals surface area contributed by atoms with Gasteiger partial charge in [0.25, 0.3) is 5.69 Å². The van der Waals surface area contributed by atoms with Crippen LogP contribution in [0.25, 0.3) is 22.2 Å². The monoisotopic (exact) mass is 384 g/mol. The summed E-state index contributed by atoms with van der Waals surface area (Å²) in [5, 5.41) is 21.7. The van der Waals surface area contributed by atoms with E-state index >= 15 is 0 Å². The Balaban J connectivity index is 1.92. The van der Waals surface area contributed by atoms with Gasteiger partial charge in [-0.15, -0.1) is 0 Å². The lowest BCUT2D eigenvalue weighted by atomic mass is 10.1. The van der Waals surface area contributed by atoms with Gasteiger partial charge in [0, 0.05) is 36.6 Å². The molecule has 4 aromatic rings. The zero-order valence-corrected chi connectivity index (χ0v) is 14.7. The summed E-state index contributed by atoms with van der Waals surface area (Å²) in [6.45, 7) is 0. The summed E-state index contributed by atoms with van der Waals surface area (Å²) in [5.41, 5.74) is 1.09. The van der Waals surface area contributed by atoms with Gasteiger partial charge >= 0.3 is 0 Å². The minimum Gasteiger partial charge on any atom is -0.275 e. The van der Waals surface area contributed by atoms with Crippen LogP contribution >= 0.6 is 0 Å². The first-order valence-electron chi connectivity index (χ1n) is 7.69. The average molecular weight is 384 g/mol. The number of para-hydroxylation sites is 1. The minimum absolute atomic E-state index is 0.194. The Labute approximate surface area is 152 Å². The van der Waals surface area contributed by atoms with Crippen LogP contribution in [0.3, 0.4) is 0 Å². The molecular formula is C16H12N6O4S. The first kappa shape index (κ1) is 16.8. The summed E-state index contributed by atoms with van der Waals surface area (Å²) < 4.78 is 27.7. The first-order valence-corrected chi connectivity index (χ1v) is 9.18. The van der Waals surface area contributed by atoms with Gasteiger partial charge in [-0.05, 0) is 12.1 Å². The summed E-state index contributed by atoms with van der Waals surface area (Å²) in [5.74, 6) is 0. The molecule has 0 saturated carbocycles. The zero-order chi connectivity index (χ0) is 19.2. The Morgan fingerprint density at radius 2 is 1.96 bits per heavy atom. The molecule has 0 radical (unpaired) electrons. The molecule has 0 aliphatic carbocycles. The van der Waals surface area contributed by atoms with Gasteiger partial charge in [0.1, 0.15) is 0 Å². The molecule has 0 unspecified atom stereocenters. The lowest BCUT2D eigenvalue weighted by molar-refractivity contribution is -0.387. The number of hydrogen-bond acceptors (Lipinski definition) is 7. The molecule has 1 aromatic carbocycles. The molecule has 0 atom stereocenters. The van der Waals surface area contributed by atoms with Crippen LogP contribution in [0.2, 0.25) is 0 Å². The number of rotatable bonds is 4. The normalized spacial score (nSPS) is 11.7. The predicted molar refractivity (Wildman–Crippen MR) is 94.6 cm³/mol. The fourth-order valence-electron chi connectivity index (χ4n) is 2.76. The van der Waals surface area contributed by atoms with Crippen molar-refractivity contribution in [2.45, 2.75) is 9.92 Å². The number of nitrogens with zero attached hydrogens (tertiary/aromatic N) is 5. The van der Waals surface area contributed by atoms with Crippen LogP contribution in [0.4, 0.5) is 5.69 Å². The van der Waals surface area contributed by atoms with Crippen LogP contribution in [0.15, 0.2) is 58.8 Å². The van der Waals surface area contributed by atoms with Gasteiger partial charge in [-0.2, -0.15) is 10.2 Å². The number of aromatic amines is 1. The molecule has 0 amide bonds. The number of pyridine rings is 1. The van der Waals surface area contributed by atoms with Crippen molar-refractivity contribution in [3.63, 3.8) is 0 Å². The fraction of sp³-hybridized carbons (Fsp3) is 0.0625. The number of aryl methyl sites for hydroxylation is 1. The van der Waals surface area contributed by atoms with Gasteiger partial charge in [-0.25, -0.2) is 13.4 Å². The Kier molecular flexibility index (Phi) is 3.73. The van der Waals surface area contributed by atoms with Crippen LogP contribution in [-0.4, -0.2) is 38.3 Å². The summed E-state index contributed by atoms with van der Waals surface area (Å²) in [6.07, 6.45) is 4.94. The first-order chi connectivity index (χ1) is 12.9. The summed E-state index contributed by atoms with van der Waals surface area (Å²) in [4.78, 5) is 14.3. The van der Waals surface area contributed by atoms with E-state index in [-0.39, 0.29) is 16.1 Å². The largest absolute Gasteiger partial charge is 0.288 e. The smallest absolute Gasteiger partial charge is 0.275 e. The maximum atomic E-state index is 13.1. The van der Waals surface area contributed by atoms with Crippen molar-refractivity contribution in [3.05, 3.63) is 59.0 Å². The second-order valence-corrected chi connectivity index (χ2v) is 7.63. The lowest BCUT2D eigenvalue weighted by Gasteiger charge is -2.04. The standard InChI is InChI=1S/C16H12N6O4S/c1-21-9-11(8-18-21)10-6-12-15(17-7-10)19-20-16(12)27(25,26)14-5-3-2-4-13(14)22(23)24/h2-9H,1H3,(H,17,19,20). The molecule has 0 bridgehead atoms. The van der Waals surface area contributed by atoms with Crippen LogP contribution < -0.4 is 0 Å². The number of nitro groups is 1. The van der Waals surface area contributed by atoms with Gasteiger partial charge < -0.3 is 0 Å². The molecular weight excluding hydrogens is 372 g/mol. The van der Waals surface area contributed by atoms with Gasteiger partial charge in [-0.1, -0.05) is 12.1 Å². The predicted octanol–water partition coefficient (Wildman–Crippen LogP) is 2.10. The van der Waals surface area contributed by atoms with Crippen molar-refractivity contribution in [1.82, 2.24) is 25.0 Å². The second kappa shape index (κ2) is 5.99. The van der Waals surface area contributed by atoms with Crippen LogP contribution in [0, 0.1) is 10.1 Å². The Bertz CT molecular complexity index is 1290.